The molecule has 144 valence electrons. The average molecular weight is 365 g/mol. The standard InChI is InChI=1S/C26H33F/c1-2-19-8-10-23(11-9-19)25-17-16-24(18-26(25)27)22-14-12-21(13-15-22)20-6-4-3-5-7-20/h12-20,23H,2-11H2,1H3. The van der Waals surface area contributed by atoms with Crippen LogP contribution in [0.25, 0.3) is 11.1 Å². The molecular formula is C26H33F. The molecule has 2 aliphatic carbocycles. The van der Waals surface area contributed by atoms with Crippen LogP contribution < -0.4 is 0 Å². The van der Waals surface area contributed by atoms with Crippen molar-refractivity contribution in [1.82, 2.24) is 0 Å². The van der Waals surface area contributed by atoms with Crippen LogP contribution >= 0.6 is 0 Å². The van der Waals surface area contributed by atoms with Crippen LogP contribution in [0.1, 0.15) is 94.1 Å². The molecule has 0 atom stereocenters. The van der Waals surface area contributed by atoms with Gasteiger partial charge < -0.3 is 0 Å². The highest BCUT2D eigenvalue weighted by atomic mass is 19.1. The summed E-state index contributed by atoms with van der Waals surface area (Å²) in [5, 5.41) is 0. The van der Waals surface area contributed by atoms with Crippen molar-refractivity contribution in [1.29, 1.82) is 0 Å². The molecule has 0 aliphatic heterocycles. The largest absolute Gasteiger partial charge is 0.207 e. The highest BCUT2D eigenvalue weighted by Gasteiger charge is 2.23. The third kappa shape index (κ3) is 4.28. The van der Waals surface area contributed by atoms with Gasteiger partial charge in [-0.3, -0.25) is 0 Å². The second-order valence-electron chi connectivity index (χ2n) is 8.82. The van der Waals surface area contributed by atoms with Gasteiger partial charge in [-0.1, -0.05) is 69.0 Å². The minimum atomic E-state index is -0.0104. The Labute approximate surface area is 164 Å². The number of hydrogen-bond donors (Lipinski definition) is 0. The smallest absolute Gasteiger partial charge is 0.127 e. The summed E-state index contributed by atoms with van der Waals surface area (Å²) in [4.78, 5) is 0. The Morgan fingerprint density at radius 3 is 2.04 bits per heavy atom. The Bertz CT molecular complexity index is 731. The first-order valence-electron chi connectivity index (χ1n) is 11.1. The molecule has 0 N–H and O–H groups in total. The fraction of sp³-hybridized carbons (Fsp3) is 0.538. The van der Waals surface area contributed by atoms with E-state index in [0.29, 0.717) is 5.92 Å². The van der Waals surface area contributed by atoms with E-state index in [2.05, 4.69) is 43.3 Å². The summed E-state index contributed by atoms with van der Waals surface area (Å²) in [7, 11) is 0. The summed E-state index contributed by atoms with van der Waals surface area (Å²) >= 11 is 0. The number of rotatable bonds is 4. The van der Waals surface area contributed by atoms with Gasteiger partial charge in [0.1, 0.15) is 5.82 Å². The van der Waals surface area contributed by atoms with Gasteiger partial charge in [0.15, 0.2) is 0 Å². The summed E-state index contributed by atoms with van der Waals surface area (Å²) in [5.74, 6) is 1.98. The zero-order valence-corrected chi connectivity index (χ0v) is 16.7. The molecule has 2 saturated carbocycles. The molecular weight excluding hydrogens is 331 g/mol. The van der Waals surface area contributed by atoms with Crippen molar-refractivity contribution in [2.24, 2.45) is 5.92 Å². The third-order valence-corrected chi connectivity index (χ3v) is 7.18. The summed E-state index contributed by atoms with van der Waals surface area (Å²) in [6.45, 7) is 2.28. The van der Waals surface area contributed by atoms with Crippen LogP contribution in [0.2, 0.25) is 0 Å². The molecule has 0 amide bonds. The summed E-state index contributed by atoms with van der Waals surface area (Å²) < 4.78 is 14.9. The molecule has 0 nitrogen and oxygen atoms in total. The van der Waals surface area contributed by atoms with Gasteiger partial charge in [0.05, 0.1) is 0 Å². The van der Waals surface area contributed by atoms with Crippen molar-refractivity contribution in [3.05, 3.63) is 59.4 Å². The molecule has 0 saturated heterocycles. The molecule has 1 heteroatoms. The van der Waals surface area contributed by atoms with E-state index >= 15 is 0 Å². The normalized spacial score (nSPS) is 24.1. The molecule has 0 spiro atoms. The maximum Gasteiger partial charge on any atom is 0.127 e. The molecule has 0 unspecified atom stereocenters. The Morgan fingerprint density at radius 1 is 0.741 bits per heavy atom. The van der Waals surface area contributed by atoms with E-state index in [0.717, 1.165) is 41.4 Å². The second-order valence-corrected chi connectivity index (χ2v) is 8.82. The lowest BCUT2D eigenvalue weighted by molar-refractivity contribution is 0.314. The minimum Gasteiger partial charge on any atom is -0.207 e. The summed E-state index contributed by atoms with van der Waals surface area (Å²) in [6, 6.07) is 14.8. The molecule has 2 aromatic rings. The van der Waals surface area contributed by atoms with Crippen LogP contribution in [-0.4, -0.2) is 0 Å². The lowest BCUT2D eigenvalue weighted by Gasteiger charge is -2.28. The van der Waals surface area contributed by atoms with Crippen molar-refractivity contribution in [2.75, 3.05) is 0 Å². The van der Waals surface area contributed by atoms with Gasteiger partial charge >= 0.3 is 0 Å². The van der Waals surface area contributed by atoms with E-state index in [1.54, 1.807) is 6.07 Å². The van der Waals surface area contributed by atoms with Gasteiger partial charge in [0.2, 0.25) is 0 Å². The van der Waals surface area contributed by atoms with Gasteiger partial charge in [-0.25, -0.2) is 4.39 Å². The molecule has 2 fully saturated rings. The number of halogens is 1. The fourth-order valence-electron chi connectivity index (χ4n) is 5.30. The molecule has 27 heavy (non-hydrogen) atoms. The average Bonchev–Trinajstić information content (AvgIpc) is 2.74. The molecule has 2 aliphatic rings. The second kappa shape index (κ2) is 8.59. The van der Waals surface area contributed by atoms with E-state index in [1.165, 1.54) is 56.9 Å². The van der Waals surface area contributed by atoms with E-state index in [4.69, 9.17) is 0 Å². The topological polar surface area (TPSA) is 0 Å². The molecule has 0 radical (unpaired) electrons. The van der Waals surface area contributed by atoms with Crippen LogP contribution in [0.4, 0.5) is 4.39 Å². The third-order valence-electron chi connectivity index (χ3n) is 7.18. The quantitative estimate of drug-likeness (QED) is 0.512. The summed E-state index contributed by atoms with van der Waals surface area (Å²) in [5.41, 5.74) is 4.54. The van der Waals surface area contributed by atoms with Gasteiger partial charge in [-0.15, -0.1) is 0 Å². The predicted molar refractivity (Wildman–Crippen MR) is 113 cm³/mol. The maximum absolute atomic E-state index is 14.9. The fourth-order valence-corrected chi connectivity index (χ4v) is 5.30. The van der Waals surface area contributed by atoms with Crippen LogP contribution in [0.15, 0.2) is 42.5 Å². The number of hydrogen-bond acceptors (Lipinski definition) is 0. The van der Waals surface area contributed by atoms with E-state index in [9.17, 15) is 4.39 Å². The monoisotopic (exact) mass is 364 g/mol. The zero-order chi connectivity index (χ0) is 18.6. The van der Waals surface area contributed by atoms with Crippen LogP contribution in [0.3, 0.4) is 0 Å². The van der Waals surface area contributed by atoms with Gasteiger partial charge in [-0.05, 0) is 84.6 Å². The molecule has 0 aromatic heterocycles. The molecule has 0 heterocycles. The highest BCUT2D eigenvalue weighted by molar-refractivity contribution is 5.64. The first kappa shape index (κ1) is 18.7. The Balaban J connectivity index is 1.47. The predicted octanol–water partition coefficient (Wildman–Crippen LogP) is 8.22. The Morgan fingerprint density at radius 2 is 1.41 bits per heavy atom. The Kier molecular flexibility index (Phi) is 5.95. The zero-order valence-electron chi connectivity index (χ0n) is 16.7. The van der Waals surface area contributed by atoms with Crippen molar-refractivity contribution in [3.63, 3.8) is 0 Å². The van der Waals surface area contributed by atoms with Crippen molar-refractivity contribution in [3.8, 4) is 11.1 Å². The highest BCUT2D eigenvalue weighted by Crippen LogP contribution is 2.39. The summed E-state index contributed by atoms with van der Waals surface area (Å²) in [6.07, 6.45) is 12.8. The van der Waals surface area contributed by atoms with Crippen molar-refractivity contribution >= 4 is 0 Å². The maximum atomic E-state index is 14.9. The number of benzene rings is 2. The van der Waals surface area contributed by atoms with Crippen molar-refractivity contribution in [2.45, 2.75) is 83.0 Å². The van der Waals surface area contributed by atoms with Gasteiger partial charge in [0, 0.05) is 0 Å². The first-order valence-corrected chi connectivity index (χ1v) is 11.1. The lowest BCUT2D eigenvalue weighted by atomic mass is 9.77. The van der Waals surface area contributed by atoms with E-state index in [1.807, 2.05) is 0 Å². The molecule has 2 aromatic carbocycles. The van der Waals surface area contributed by atoms with Crippen molar-refractivity contribution < 1.29 is 4.39 Å². The van der Waals surface area contributed by atoms with Crippen LogP contribution in [-0.2, 0) is 0 Å². The Hall–Kier alpha value is -1.63. The lowest BCUT2D eigenvalue weighted by Crippen LogP contribution is -2.13. The van der Waals surface area contributed by atoms with Crippen LogP contribution in [0.5, 0.6) is 0 Å². The van der Waals surface area contributed by atoms with E-state index < -0.39 is 0 Å². The SMILES string of the molecule is CCC1CCC(c2ccc(-c3ccc(C4CCCCC4)cc3)cc2F)CC1. The van der Waals surface area contributed by atoms with Gasteiger partial charge in [0.25, 0.3) is 0 Å². The first-order chi connectivity index (χ1) is 13.2. The van der Waals surface area contributed by atoms with Gasteiger partial charge in [-0.2, -0.15) is 0 Å². The molecule has 0 bridgehead atoms. The molecule has 4 rings (SSSR count). The minimum absolute atomic E-state index is 0.0104. The van der Waals surface area contributed by atoms with Crippen LogP contribution in [0, 0.1) is 11.7 Å². The van der Waals surface area contributed by atoms with E-state index in [-0.39, 0.29) is 5.82 Å².